The molecule has 0 fully saturated rings. The lowest BCUT2D eigenvalue weighted by Gasteiger charge is -2.07. The van der Waals surface area contributed by atoms with Crippen LogP contribution in [0.25, 0.3) is 0 Å². The summed E-state index contributed by atoms with van der Waals surface area (Å²) in [5.41, 5.74) is 0.0318. The number of nitrogens with zero attached hydrogens (tertiary/aromatic N) is 1. The molecule has 0 bridgehead atoms. The molecule has 0 atom stereocenters. The first-order valence-electron chi connectivity index (χ1n) is 2.79. The van der Waals surface area contributed by atoms with Crippen molar-refractivity contribution in [3.8, 4) is 0 Å². The van der Waals surface area contributed by atoms with Crippen LogP contribution in [0.2, 0.25) is 0 Å². The van der Waals surface area contributed by atoms with Crippen molar-refractivity contribution in [1.82, 2.24) is 0 Å². The standard InChI is InChI=1S/C6H11NO.HI/c1-5-7-6(2,3)4-8-5;/h4H2,1-3H3;1H. The van der Waals surface area contributed by atoms with Gasteiger partial charge in [0.25, 0.3) is 0 Å². The summed E-state index contributed by atoms with van der Waals surface area (Å²) < 4.78 is 5.12. The van der Waals surface area contributed by atoms with Gasteiger partial charge in [-0.25, -0.2) is 4.99 Å². The highest BCUT2D eigenvalue weighted by Gasteiger charge is 2.23. The summed E-state index contributed by atoms with van der Waals surface area (Å²) in [6.07, 6.45) is 0. The monoisotopic (exact) mass is 241 g/mol. The molecular formula is C6H12INO. The Bertz CT molecular complexity index is 131. The summed E-state index contributed by atoms with van der Waals surface area (Å²) in [7, 11) is 0. The van der Waals surface area contributed by atoms with Crippen molar-refractivity contribution in [2.24, 2.45) is 4.99 Å². The maximum atomic E-state index is 5.12. The fourth-order valence-corrected chi connectivity index (χ4v) is 0.772. The van der Waals surface area contributed by atoms with Gasteiger partial charge in [-0.3, -0.25) is 0 Å². The van der Waals surface area contributed by atoms with Crippen molar-refractivity contribution in [3.05, 3.63) is 0 Å². The van der Waals surface area contributed by atoms with Crippen LogP contribution in [0.4, 0.5) is 0 Å². The molecule has 0 N–H and O–H groups in total. The molecule has 1 heterocycles. The van der Waals surface area contributed by atoms with Crippen LogP contribution in [0.15, 0.2) is 4.99 Å². The SMILES string of the molecule is CC1=NC(C)(C)CO1.I. The molecule has 0 radical (unpaired) electrons. The molecule has 3 heteroatoms. The van der Waals surface area contributed by atoms with Crippen LogP contribution in [0.1, 0.15) is 20.8 Å². The summed E-state index contributed by atoms with van der Waals surface area (Å²) in [5, 5.41) is 0. The van der Waals surface area contributed by atoms with E-state index in [0.717, 1.165) is 12.5 Å². The number of hydrogen-bond acceptors (Lipinski definition) is 2. The first-order chi connectivity index (χ1) is 3.60. The lowest BCUT2D eigenvalue weighted by atomic mass is 10.1. The molecule has 2 nitrogen and oxygen atoms in total. The third-order valence-electron chi connectivity index (χ3n) is 1.09. The molecule has 1 rings (SSSR count). The van der Waals surface area contributed by atoms with Crippen molar-refractivity contribution in [3.63, 3.8) is 0 Å². The van der Waals surface area contributed by atoms with Gasteiger partial charge in [-0.1, -0.05) is 0 Å². The second-order valence-corrected chi connectivity index (χ2v) is 2.73. The van der Waals surface area contributed by atoms with E-state index in [1.807, 2.05) is 6.92 Å². The van der Waals surface area contributed by atoms with Gasteiger partial charge in [0.05, 0.1) is 5.54 Å². The van der Waals surface area contributed by atoms with E-state index in [-0.39, 0.29) is 29.5 Å². The predicted molar refractivity (Wildman–Crippen MR) is 48.6 cm³/mol. The van der Waals surface area contributed by atoms with Crippen LogP contribution < -0.4 is 0 Å². The molecule has 0 unspecified atom stereocenters. The summed E-state index contributed by atoms with van der Waals surface area (Å²) in [6.45, 7) is 6.74. The third-order valence-corrected chi connectivity index (χ3v) is 1.09. The minimum absolute atomic E-state index is 0. The van der Waals surface area contributed by atoms with Crippen LogP contribution in [-0.4, -0.2) is 18.0 Å². The van der Waals surface area contributed by atoms with Gasteiger partial charge in [-0.2, -0.15) is 0 Å². The van der Waals surface area contributed by atoms with Crippen molar-refractivity contribution in [1.29, 1.82) is 0 Å². The van der Waals surface area contributed by atoms with E-state index >= 15 is 0 Å². The Morgan fingerprint density at radius 2 is 2.11 bits per heavy atom. The van der Waals surface area contributed by atoms with Gasteiger partial charge in [0.15, 0.2) is 5.90 Å². The molecule has 0 saturated heterocycles. The Balaban J connectivity index is 0.000000640. The molecule has 0 spiro atoms. The van der Waals surface area contributed by atoms with Crippen LogP contribution in [0.5, 0.6) is 0 Å². The van der Waals surface area contributed by atoms with Crippen molar-refractivity contribution in [2.45, 2.75) is 26.3 Å². The molecule has 54 valence electrons. The van der Waals surface area contributed by atoms with Gasteiger partial charge < -0.3 is 4.74 Å². The van der Waals surface area contributed by atoms with Crippen molar-refractivity contribution < 1.29 is 4.74 Å². The van der Waals surface area contributed by atoms with Crippen molar-refractivity contribution in [2.75, 3.05) is 6.61 Å². The van der Waals surface area contributed by atoms with Crippen LogP contribution >= 0.6 is 24.0 Å². The first kappa shape index (κ1) is 9.20. The average Bonchev–Trinajstić information content (AvgIpc) is 1.82. The smallest absolute Gasteiger partial charge is 0.180 e. The van der Waals surface area contributed by atoms with Gasteiger partial charge in [0, 0.05) is 6.92 Å². The number of aliphatic imine (C=N–C) groups is 1. The van der Waals surface area contributed by atoms with E-state index in [4.69, 9.17) is 4.74 Å². The van der Waals surface area contributed by atoms with E-state index in [1.54, 1.807) is 0 Å². The van der Waals surface area contributed by atoms with E-state index in [1.165, 1.54) is 0 Å². The Morgan fingerprint density at radius 1 is 1.56 bits per heavy atom. The Morgan fingerprint density at radius 3 is 2.22 bits per heavy atom. The molecule has 0 aromatic rings. The molecule has 1 aliphatic rings. The number of halogens is 1. The lowest BCUT2D eigenvalue weighted by Crippen LogP contribution is -2.17. The Hall–Kier alpha value is 0.200. The topological polar surface area (TPSA) is 21.6 Å². The zero-order chi connectivity index (χ0) is 6.20. The average molecular weight is 241 g/mol. The highest BCUT2D eigenvalue weighted by Crippen LogP contribution is 2.15. The fraction of sp³-hybridized carbons (Fsp3) is 0.833. The molecule has 0 saturated carbocycles. The Labute approximate surface area is 72.7 Å². The highest BCUT2D eigenvalue weighted by atomic mass is 127. The number of ether oxygens (including phenoxy) is 1. The number of hydrogen-bond donors (Lipinski definition) is 0. The Kier molecular flexibility index (Phi) is 2.92. The zero-order valence-corrected chi connectivity index (χ0v) is 8.30. The predicted octanol–water partition coefficient (Wildman–Crippen LogP) is 1.83. The van der Waals surface area contributed by atoms with E-state index in [0.29, 0.717) is 0 Å². The van der Waals surface area contributed by atoms with Crippen LogP contribution in [0, 0.1) is 0 Å². The molecule has 0 aromatic carbocycles. The summed E-state index contributed by atoms with van der Waals surface area (Å²) in [5.74, 6) is 0.815. The third kappa shape index (κ3) is 2.51. The molecular weight excluding hydrogens is 229 g/mol. The quantitative estimate of drug-likeness (QED) is 0.593. The lowest BCUT2D eigenvalue weighted by molar-refractivity contribution is 0.277. The summed E-state index contributed by atoms with van der Waals surface area (Å²) in [6, 6.07) is 0. The highest BCUT2D eigenvalue weighted by molar-refractivity contribution is 14.0. The minimum atomic E-state index is 0. The molecule has 1 aliphatic heterocycles. The van der Waals surface area contributed by atoms with Crippen molar-refractivity contribution >= 4 is 29.9 Å². The normalized spacial score (nSPS) is 21.9. The van der Waals surface area contributed by atoms with Crippen LogP contribution in [-0.2, 0) is 4.74 Å². The van der Waals surface area contributed by atoms with Gasteiger partial charge in [-0.15, -0.1) is 24.0 Å². The largest absolute Gasteiger partial charge is 0.479 e. The summed E-state index contributed by atoms with van der Waals surface area (Å²) >= 11 is 0. The van der Waals surface area contributed by atoms with Gasteiger partial charge in [-0.05, 0) is 13.8 Å². The molecule has 9 heavy (non-hydrogen) atoms. The second-order valence-electron chi connectivity index (χ2n) is 2.73. The zero-order valence-electron chi connectivity index (χ0n) is 5.97. The summed E-state index contributed by atoms with van der Waals surface area (Å²) in [4.78, 5) is 4.22. The number of rotatable bonds is 0. The maximum absolute atomic E-state index is 5.12. The van der Waals surface area contributed by atoms with Crippen LogP contribution in [0.3, 0.4) is 0 Å². The fourth-order valence-electron chi connectivity index (χ4n) is 0.772. The second kappa shape index (κ2) is 2.86. The van der Waals surface area contributed by atoms with E-state index in [9.17, 15) is 0 Å². The molecule has 0 aliphatic carbocycles. The van der Waals surface area contributed by atoms with Gasteiger partial charge in [0.1, 0.15) is 6.61 Å². The van der Waals surface area contributed by atoms with E-state index in [2.05, 4.69) is 18.8 Å². The molecule has 0 aromatic heterocycles. The first-order valence-corrected chi connectivity index (χ1v) is 2.79. The maximum Gasteiger partial charge on any atom is 0.180 e. The van der Waals surface area contributed by atoms with Gasteiger partial charge in [0.2, 0.25) is 0 Å². The minimum Gasteiger partial charge on any atom is -0.479 e. The van der Waals surface area contributed by atoms with Gasteiger partial charge >= 0.3 is 0 Å². The van der Waals surface area contributed by atoms with E-state index < -0.39 is 0 Å². The molecule has 0 amide bonds.